The van der Waals surface area contributed by atoms with E-state index in [9.17, 15) is 4.79 Å². The topological polar surface area (TPSA) is 41.6 Å². The highest BCUT2D eigenvalue weighted by Crippen LogP contribution is 2.31. The lowest BCUT2D eigenvalue weighted by Crippen LogP contribution is -2.30. The second kappa shape index (κ2) is 4.73. The van der Waals surface area contributed by atoms with Gasteiger partial charge in [-0.2, -0.15) is 0 Å². The van der Waals surface area contributed by atoms with Gasteiger partial charge in [0.15, 0.2) is 0 Å². The van der Waals surface area contributed by atoms with Crippen molar-refractivity contribution < 1.29 is 9.63 Å². The molecule has 2 aromatic rings. The van der Waals surface area contributed by atoms with Crippen molar-refractivity contribution in [2.24, 2.45) is 0 Å². The lowest BCUT2D eigenvalue weighted by atomic mass is 10.2. The van der Waals surface area contributed by atoms with Crippen LogP contribution in [0.25, 0.3) is 10.1 Å². The quantitative estimate of drug-likeness (QED) is 0.831. The van der Waals surface area contributed by atoms with E-state index in [0.717, 1.165) is 15.5 Å². The van der Waals surface area contributed by atoms with Gasteiger partial charge in [-0.15, -0.1) is 11.3 Å². The summed E-state index contributed by atoms with van der Waals surface area (Å²) in [5, 5.41) is 7.23. The number of thiophene rings is 1. The van der Waals surface area contributed by atoms with E-state index in [-0.39, 0.29) is 6.03 Å². The standard InChI is InChI=1S/C12H14N2O2S/c1-8-7-17-11-9(8)5-4-6-10(11)13-12(15)14(2)16-3/h4-7H,1-3H3,(H,13,15). The first kappa shape index (κ1) is 11.9. The van der Waals surface area contributed by atoms with E-state index in [0.29, 0.717) is 0 Å². The minimum absolute atomic E-state index is 0.286. The van der Waals surface area contributed by atoms with Gasteiger partial charge in [0.25, 0.3) is 0 Å². The molecule has 0 saturated carbocycles. The van der Waals surface area contributed by atoms with Crippen LogP contribution in [-0.4, -0.2) is 25.3 Å². The van der Waals surface area contributed by atoms with Crippen molar-refractivity contribution in [2.45, 2.75) is 6.92 Å². The molecular formula is C12H14N2O2S. The monoisotopic (exact) mass is 250 g/mol. The maximum atomic E-state index is 11.7. The van der Waals surface area contributed by atoms with E-state index >= 15 is 0 Å². The van der Waals surface area contributed by atoms with Crippen LogP contribution >= 0.6 is 11.3 Å². The molecule has 0 saturated heterocycles. The molecule has 1 N–H and O–H groups in total. The molecule has 5 heteroatoms. The van der Waals surface area contributed by atoms with Gasteiger partial charge in [0.2, 0.25) is 0 Å². The molecule has 0 aliphatic rings. The average Bonchev–Trinajstić information content (AvgIpc) is 2.71. The van der Waals surface area contributed by atoms with E-state index in [1.54, 1.807) is 18.4 Å². The Morgan fingerprint density at radius 3 is 2.94 bits per heavy atom. The van der Waals surface area contributed by atoms with Crippen molar-refractivity contribution in [1.82, 2.24) is 5.06 Å². The van der Waals surface area contributed by atoms with Crippen molar-refractivity contribution in [3.05, 3.63) is 29.1 Å². The van der Waals surface area contributed by atoms with Crippen LogP contribution in [0.4, 0.5) is 10.5 Å². The van der Waals surface area contributed by atoms with Crippen LogP contribution in [-0.2, 0) is 4.84 Å². The first-order valence-electron chi connectivity index (χ1n) is 5.19. The molecule has 0 aliphatic heterocycles. The molecule has 4 nitrogen and oxygen atoms in total. The smallest absolute Gasteiger partial charge is 0.305 e. The Hall–Kier alpha value is -1.59. The van der Waals surface area contributed by atoms with E-state index in [4.69, 9.17) is 4.84 Å². The van der Waals surface area contributed by atoms with Crippen LogP contribution in [0.15, 0.2) is 23.6 Å². The number of aryl methyl sites for hydroxylation is 1. The minimum atomic E-state index is -0.286. The minimum Gasteiger partial charge on any atom is -0.305 e. The average molecular weight is 250 g/mol. The number of carbonyl (C=O) groups is 1. The van der Waals surface area contributed by atoms with Crippen LogP contribution in [0.1, 0.15) is 5.56 Å². The van der Waals surface area contributed by atoms with Gasteiger partial charge in [-0.25, -0.2) is 9.86 Å². The Morgan fingerprint density at radius 2 is 2.24 bits per heavy atom. The van der Waals surface area contributed by atoms with Crippen molar-refractivity contribution >= 4 is 33.1 Å². The van der Waals surface area contributed by atoms with Gasteiger partial charge in [0.1, 0.15) is 0 Å². The fourth-order valence-electron chi connectivity index (χ4n) is 1.56. The highest BCUT2D eigenvalue weighted by atomic mass is 32.1. The highest BCUT2D eigenvalue weighted by Gasteiger charge is 2.11. The van der Waals surface area contributed by atoms with Gasteiger partial charge in [-0.1, -0.05) is 12.1 Å². The number of urea groups is 1. The Kier molecular flexibility index (Phi) is 3.31. The predicted octanol–water partition coefficient (Wildman–Crippen LogP) is 3.23. The number of hydroxylamine groups is 2. The van der Waals surface area contributed by atoms with E-state index in [1.807, 2.05) is 12.1 Å². The van der Waals surface area contributed by atoms with Crippen molar-refractivity contribution in [2.75, 3.05) is 19.5 Å². The van der Waals surface area contributed by atoms with Crippen LogP contribution in [0.5, 0.6) is 0 Å². The first-order chi connectivity index (χ1) is 8.13. The third-order valence-corrected chi connectivity index (χ3v) is 3.74. The number of nitrogens with one attached hydrogen (secondary N) is 1. The summed E-state index contributed by atoms with van der Waals surface area (Å²) in [6, 6.07) is 5.59. The summed E-state index contributed by atoms with van der Waals surface area (Å²) in [6.45, 7) is 2.06. The summed E-state index contributed by atoms with van der Waals surface area (Å²) in [6.07, 6.45) is 0. The molecule has 1 heterocycles. The molecule has 0 aliphatic carbocycles. The zero-order chi connectivity index (χ0) is 12.4. The van der Waals surface area contributed by atoms with Crippen LogP contribution < -0.4 is 5.32 Å². The van der Waals surface area contributed by atoms with Gasteiger partial charge < -0.3 is 5.32 Å². The summed E-state index contributed by atoms with van der Waals surface area (Å²) in [5.41, 5.74) is 2.04. The number of fused-ring (bicyclic) bond motifs is 1. The molecule has 2 rings (SSSR count). The molecule has 0 bridgehead atoms. The fraction of sp³-hybridized carbons (Fsp3) is 0.250. The number of hydrogen-bond donors (Lipinski definition) is 1. The predicted molar refractivity (Wildman–Crippen MR) is 70.4 cm³/mol. The zero-order valence-corrected chi connectivity index (χ0v) is 10.8. The molecule has 0 spiro atoms. The first-order valence-corrected chi connectivity index (χ1v) is 6.07. The summed E-state index contributed by atoms with van der Waals surface area (Å²) in [5.74, 6) is 0. The second-order valence-electron chi connectivity index (χ2n) is 3.71. The maximum absolute atomic E-state index is 11.7. The Bertz CT molecular complexity index is 550. The maximum Gasteiger partial charge on any atom is 0.345 e. The molecule has 0 radical (unpaired) electrons. The SMILES string of the molecule is CON(C)C(=O)Nc1cccc2c(C)csc12. The number of anilines is 1. The van der Waals surface area contributed by atoms with Crippen molar-refractivity contribution in [1.29, 1.82) is 0 Å². The lowest BCUT2D eigenvalue weighted by Gasteiger charge is -2.14. The lowest BCUT2D eigenvalue weighted by molar-refractivity contribution is -0.0597. The zero-order valence-electron chi connectivity index (χ0n) is 9.98. The Morgan fingerprint density at radius 1 is 1.47 bits per heavy atom. The molecule has 1 aromatic carbocycles. The summed E-state index contributed by atoms with van der Waals surface area (Å²) in [4.78, 5) is 16.5. The third-order valence-electron chi connectivity index (χ3n) is 2.59. The van der Waals surface area contributed by atoms with Crippen LogP contribution in [0, 0.1) is 6.92 Å². The van der Waals surface area contributed by atoms with Gasteiger partial charge in [-0.05, 0) is 29.3 Å². The van der Waals surface area contributed by atoms with Crippen LogP contribution in [0.3, 0.4) is 0 Å². The van der Waals surface area contributed by atoms with E-state index in [1.165, 1.54) is 18.1 Å². The summed E-state index contributed by atoms with van der Waals surface area (Å²) >= 11 is 1.63. The molecule has 90 valence electrons. The molecule has 2 amide bonds. The summed E-state index contributed by atoms with van der Waals surface area (Å²) < 4.78 is 1.09. The van der Waals surface area contributed by atoms with Crippen molar-refractivity contribution in [3.8, 4) is 0 Å². The molecule has 17 heavy (non-hydrogen) atoms. The number of rotatable bonds is 2. The van der Waals surface area contributed by atoms with E-state index < -0.39 is 0 Å². The second-order valence-corrected chi connectivity index (χ2v) is 4.59. The van der Waals surface area contributed by atoms with Gasteiger partial charge in [-0.3, -0.25) is 4.84 Å². The number of nitrogens with zero attached hydrogens (tertiary/aromatic N) is 1. The Labute approximate surface area is 104 Å². The Balaban J connectivity index is 2.33. The van der Waals surface area contributed by atoms with Gasteiger partial charge in [0, 0.05) is 7.05 Å². The number of benzene rings is 1. The molecule has 0 atom stereocenters. The molecular weight excluding hydrogens is 236 g/mol. The van der Waals surface area contributed by atoms with Gasteiger partial charge in [0.05, 0.1) is 17.5 Å². The highest BCUT2D eigenvalue weighted by molar-refractivity contribution is 7.18. The number of amides is 2. The number of carbonyl (C=O) groups excluding carboxylic acids is 1. The number of hydrogen-bond acceptors (Lipinski definition) is 3. The largest absolute Gasteiger partial charge is 0.345 e. The fourth-order valence-corrected chi connectivity index (χ4v) is 2.58. The third kappa shape index (κ3) is 2.25. The molecule has 0 unspecified atom stereocenters. The summed E-state index contributed by atoms with van der Waals surface area (Å²) in [7, 11) is 3.02. The van der Waals surface area contributed by atoms with Crippen molar-refractivity contribution in [3.63, 3.8) is 0 Å². The molecule has 0 fully saturated rings. The normalized spacial score (nSPS) is 10.5. The van der Waals surface area contributed by atoms with Gasteiger partial charge >= 0.3 is 6.03 Å². The van der Waals surface area contributed by atoms with Crippen LogP contribution in [0.2, 0.25) is 0 Å². The van der Waals surface area contributed by atoms with E-state index in [2.05, 4.69) is 23.7 Å². The molecule has 1 aromatic heterocycles.